The lowest BCUT2D eigenvalue weighted by molar-refractivity contribution is 0.0697. The maximum atomic E-state index is 13.3. The van der Waals surface area contributed by atoms with Crippen molar-refractivity contribution in [1.29, 1.82) is 0 Å². The molecule has 0 spiro atoms. The Hall–Kier alpha value is -2.42. The van der Waals surface area contributed by atoms with Gasteiger partial charge in [-0.15, -0.1) is 0 Å². The molecule has 2 nitrogen and oxygen atoms in total. The van der Waals surface area contributed by atoms with E-state index >= 15 is 0 Å². The Labute approximate surface area is 104 Å². The zero-order chi connectivity index (χ0) is 13.0. The molecule has 0 aliphatic rings. The van der Waals surface area contributed by atoms with E-state index in [-0.39, 0.29) is 11.4 Å². The first-order valence-electron chi connectivity index (χ1n) is 5.43. The van der Waals surface area contributed by atoms with E-state index in [1.54, 1.807) is 42.5 Å². The molecule has 3 heteroatoms. The van der Waals surface area contributed by atoms with Gasteiger partial charge in [0.25, 0.3) is 0 Å². The van der Waals surface area contributed by atoms with Gasteiger partial charge in [0.2, 0.25) is 0 Å². The van der Waals surface area contributed by atoms with Crippen LogP contribution in [0.2, 0.25) is 0 Å². The number of carbonyl (C=O) groups is 1. The molecule has 0 fully saturated rings. The number of halogens is 1. The largest absolute Gasteiger partial charge is 0.478 e. The Morgan fingerprint density at radius 2 is 1.67 bits per heavy atom. The molecule has 2 aromatic carbocycles. The summed E-state index contributed by atoms with van der Waals surface area (Å²) < 4.78 is 13.3. The van der Waals surface area contributed by atoms with E-state index in [4.69, 9.17) is 5.11 Å². The second-order valence-corrected chi connectivity index (χ2v) is 3.78. The highest BCUT2D eigenvalue weighted by atomic mass is 19.1. The maximum Gasteiger partial charge on any atom is 0.335 e. The summed E-state index contributed by atoms with van der Waals surface area (Å²) in [5, 5.41) is 8.75. The number of rotatable bonds is 3. The molecule has 0 radical (unpaired) electrons. The van der Waals surface area contributed by atoms with Gasteiger partial charge in [-0.1, -0.05) is 42.5 Å². The Balaban J connectivity index is 2.19. The third-order valence-electron chi connectivity index (χ3n) is 2.52. The minimum absolute atomic E-state index is 0.234. The van der Waals surface area contributed by atoms with E-state index in [0.717, 1.165) is 5.56 Å². The van der Waals surface area contributed by atoms with E-state index in [9.17, 15) is 9.18 Å². The molecule has 2 rings (SSSR count). The molecule has 0 aliphatic carbocycles. The lowest BCUT2D eigenvalue weighted by Crippen LogP contribution is -1.94. The van der Waals surface area contributed by atoms with Crippen LogP contribution in [0.1, 0.15) is 21.5 Å². The van der Waals surface area contributed by atoms with Crippen molar-refractivity contribution in [3.63, 3.8) is 0 Å². The highest BCUT2D eigenvalue weighted by Crippen LogP contribution is 2.12. The Morgan fingerprint density at radius 3 is 2.28 bits per heavy atom. The monoisotopic (exact) mass is 242 g/mol. The number of hydrogen-bond acceptors (Lipinski definition) is 1. The van der Waals surface area contributed by atoms with Crippen LogP contribution in [0.3, 0.4) is 0 Å². The highest BCUT2D eigenvalue weighted by Gasteiger charge is 2.00. The predicted octanol–water partition coefficient (Wildman–Crippen LogP) is 3.69. The molecule has 0 atom stereocenters. The first-order valence-corrected chi connectivity index (χ1v) is 5.43. The molecule has 18 heavy (non-hydrogen) atoms. The van der Waals surface area contributed by atoms with Gasteiger partial charge in [-0.2, -0.15) is 0 Å². The van der Waals surface area contributed by atoms with Crippen molar-refractivity contribution in [1.82, 2.24) is 0 Å². The van der Waals surface area contributed by atoms with E-state index in [1.165, 1.54) is 18.2 Å². The second kappa shape index (κ2) is 5.27. The average Bonchev–Trinajstić information content (AvgIpc) is 2.38. The molecular weight excluding hydrogens is 231 g/mol. The van der Waals surface area contributed by atoms with Gasteiger partial charge in [-0.05, 0) is 23.8 Å². The van der Waals surface area contributed by atoms with E-state index in [0.29, 0.717) is 5.56 Å². The molecule has 0 aliphatic heterocycles. The van der Waals surface area contributed by atoms with Gasteiger partial charge in [-0.25, -0.2) is 9.18 Å². The smallest absolute Gasteiger partial charge is 0.335 e. The summed E-state index contributed by atoms with van der Waals surface area (Å²) in [6.45, 7) is 0. The average molecular weight is 242 g/mol. The first-order chi connectivity index (χ1) is 8.66. The van der Waals surface area contributed by atoms with Crippen molar-refractivity contribution < 1.29 is 14.3 Å². The molecule has 0 aromatic heterocycles. The van der Waals surface area contributed by atoms with Crippen LogP contribution in [-0.4, -0.2) is 11.1 Å². The summed E-state index contributed by atoms with van der Waals surface area (Å²) in [5.74, 6) is -1.24. The summed E-state index contributed by atoms with van der Waals surface area (Å²) >= 11 is 0. The summed E-state index contributed by atoms with van der Waals surface area (Å²) in [7, 11) is 0. The maximum absolute atomic E-state index is 13.3. The SMILES string of the molecule is O=C(O)c1ccc(/C=C/c2ccccc2F)cc1. The molecule has 0 saturated heterocycles. The van der Waals surface area contributed by atoms with Gasteiger partial charge >= 0.3 is 5.97 Å². The van der Waals surface area contributed by atoms with E-state index in [1.807, 2.05) is 0 Å². The van der Waals surface area contributed by atoms with Crippen LogP contribution in [0.4, 0.5) is 4.39 Å². The second-order valence-electron chi connectivity index (χ2n) is 3.78. The lowest BCUT2D eigenvalue weighted by Gasteiger charge is -1.97. The van der Waals surface area contributed by atoms with Crippen molar-refractivity contribution in [2.45, 2.75) is 0 Å². The van der Waals surface area contributed by atoms with Crippen LogP contribution in [-0.2, 0) is 0 Å². The van der Waals surface area contributed by atoms with Gasteiger partial charge in [0.05, 0.1) is 5.56 Å². The molecule has 2 aromatic rings. The van der Waals surface area contributed by atoms with Crippen molar-refractivity contribution in [3.8, 4) is 0 Å². The first kappa shape index (κ1) is 12.0. The number of hydrogen-bond donors (Lipinski definition) is 1. The van der Waals surface area contributed by atoms with Crippen LogP contribution in [0.25, 0.3) is 12.2 Å². The fourth-order valence-corrected chi connectivity index (χ4v) is 1.53. The minimum atomic E-state index is -0.959. The fraction of sp³-hybridized carbons (Fsp3) is 0. The van der Waals surface area contributed by atoms with Crippen LogP contribution >= 0.6 is 0 Å². The summed E-state index contributed by atoms with van der Waals surface area (Å²) in [4.78, 5) is 10.7. The normalized spacial score (nSPS) is 10.7. The Morgan fingerprint density at radius 1 is 1.00 bits per heavy atom. The van der Waals surface area contributed by atoms with Crippen LogP contribution < -0.4 is 0 Å². The molecule has 1 N–H and O–H groups in total. The number of carboxylic acids is 1. The standard InChI is InChI=1S/C15H11FO2/c16-14-4-2-1-3-12(14)8-5-11-6-9-13(10-7-11)15(17)18/h1-10H,(H,17,18)/b8-5+. The Kier molecular flexibility index (Phi) is 3.53. The third kappa shape index (κ3) is 2.83. The Bertz CT molecular complexity index is 586. The van der Waals surface area contributed by atoms with Crippen LogP contribution in [0.5, 0.6) is 0 Å². The van der Waals surface area contributed by atoms with Gasteiger partial charge in [-0.3, -0.25) is 0 Å². The summed E-state index contributed by atoms with van der Waals surface area (Å²) in [6, 6.07) is 12.9. The quantitative estimate of drug-likeness (QED) is 0.833. The van der Waals surface area contributed by atoms with Gasteiger partial charge < -0.3 is 5.11 Å². The predicted molar refractivity (Wildman–Crippen MR) is 68.7 cm³/mol. The number of benzene rings is 2. The fourth-order valence-electron chi connectivity index (χ4n) is 1.53. The minimum Gasteiger partial charge on any atom is -0.478 e. The van der Waals surface area contributed by atoms with Crippen molar-refractivity contribution in [2.75, 3.05) is 0 Å². The van der Waals surface area contributed by atoms with Crippen molar-refractivity contribution >= 4 is 18.1 Å². The van der Waals surface area contributed by atoms with Gasteiger partial charge in [0.15, 0.2) is 0 Å². The summed E-state index contributed by atoms with van der Waals surface area (Å²) in [5.41, 5.74) is 1.56. The molecular formula is C15H11FO2. The van der Waals surface area contributed by atoms with E-state index < -0.39 is 5.97 Å². The van der Waals surface area contributed by atoms with E-state index in [2.05, 4.69) is 0 Å². The van der Waals surface area contributed by atoms with Crippen LogP contribution in [0.15, 0.2) is 48.5 Å². The van der Waals surface area contributed by atoms with Crippen molar-refractivity contribution in [2.24, 2.45) is 0 Å². The zero-order valence-corrected chi connectivity index (χ0v) is 9.51. The molecule has 0 bridgehead atoms. The molecule has 0 unspecified atom stereocenters. The van der Waals surface area contributed by atoms with Gasteiger partial charge in [0.1, 0.15) is 5.82 Å². The molecule has 0 amide bonds. The topological polar surface area (TPSA) is 37.3 Å². The number of carboxylic acid groups (broad SMARTS) is 1. The molecule has 0 saturated carbocycles. The third-order valence-corrected chi connectivity index (χ3v) is 2.52. The van der Waals surface area contributed by atoms with Gasteiger partial charge in [0, 0.05) is 5.56 Å². The highest BCUT2D eigenvalue weighted by molar-refractivity contribution is 5.88. The van der Waals surface area contributed by atoms with Crippen LogP contribution in [0, 0.1) is 5.82 Å². The zero-order valence-electron chi connectivity index (χ0n) is 9.51. The number of aromatic carboxylic acids is 1. The summed E-state index contributed by atoms with van der Waals surface area (Å²) in [6.07, 6.45) is 3.40. The molecule has 0 heterocycles. The molecule has 90 valence electrons. The lowest BCUT2D eigenvalue weighted by atomic mass is 10.1. The van der Waals surface area contributed by atoms with Crippen molar-refractivity contribution in [3.05, 3.63) is 71.0 Å².